The van der Waals surface area contributed by atoms with Crippen molar-refractivity contribution in [1.29, 1.82) is 0 Å². The minimum atomic E-state index is -3.79. The zero-order valence-electron chi connectivity index (χ0n) is 14.9. The highest BCUT2D eigenvalue weighted by Crippen LogP contribution is 2.19. The number of aromatic amines is 1. The number of hydrogen-bond acceptors (Lipinski definition) is 4. The molecular weight excluding hydrogens is 380 g/mol. The van der Waals surface area contributed by atoms with Crippen LogP contribution in [0.2, 0.25) is 0 Å². The standard InChI is InChI=1S/C19H18N4O4S/c1-13-5-2-3-6-16(13)23-28(26,27)15-10-8-14(9-11-15)18(24)21-22-19(25)17-7-4-12-20-17/h2-12,20,23H,1H3,(H,21,24)(H,22,25). The van der Waals surface area contributed by atoms with Gasteiger partial charge in [0, 0.05) is 11.8 Å². The second-order valence-corrected chi connectivity index (χ2v) is 7.62. The van der Waals surface area contributed by atoms with Crippen molar-refractivity contribution in [2.24, 2.45) is 0 Å². The second-order valence-electron chi connectivity index (χ2n) is 5.94. The Balaban J connectivity index is 1.66. The molecule has 3 aromatic rings. The molecule has 0 aliphatic rings. The summed E-state index contributed by atoms with van der Waals surface area (Å²) in [4.78, 5) is 26.6. The Labute approximate surface area is 162 Å². The molecule has 0 aliphatic carbocycles. The Hall–Kier alpha value is -3.59. The van der Waals surface area contributed by atoms with E-state index in [0.717, 1.165) is 5.56 Å². The summed E-state index contributed by atoms with van der Waals surface area (Å²) in [6.45, 7) is 1.80. The molecule has 0 saturated carbocycles. The van der Waals surface area contributed by atoms with Gasteiger partial charge < -0.3 is 4.98 Å². The van der Waals surface area contributed by atoms with Crippen molar-refractivity contribution in [3.63, 3.8) is 0 Å². The number of sulfonamides is 1. The summed E-state index contributed by atoms with van der Waals surface area (Å²) < 4.78 is 27.5. The molecule has 3 rings (SSSR count). The van der Waals surface area contributed by atoms with Gasteiger partial charge in [0.1, 0.15) is 5.69 Å². The second kappa shape index (κ2) is 7.97. The molecule has 2 amide bonds. The van der Waals surface area contributed by atoms with Crippen molar-refractivity contribution >= 4 is 27.5 Å². The molecule has 2 aromatic carbocycles. The molecule has 8 nitrogen and oxygen atoms in total. The van der Waals surface area contributed by atoms with Crippen LogP contribution in [-0.2, 0) is 10.0 Å². The number of hydrogen-bond donors (Lipinski definition) is 4. The molecule has 1 heterocycles. The number of carbonyl (C=O) groups is 2. The van der Waals surface area contributed by atoms with Gasteiger partial charge in [0.2, 0.25) is 0 Å². The number of carbonyl (C=O) groups excluding carboxylic acids is 2. The van der Waals surface area contributed by atoms with Gasteiger partial charge in [0.25, 0.3) is 21.8 Å². The fraction of sp³-hybridized carbons (Fsp3) is 0.0526. The lowest BCUT2D eigenvalue weighted by atomic mass is 10.2. The molecule has 9 heteroatoms. The molecule has 0 bridgehead atoms. The van der Waals surface area contributed by atoms with Gasteiger partial charge in [0.15, 0.2) is 0 Å². The molecular formula is C19H18N4O4S. The van der Waals surface area contributed by atoms with Gasteiger partial charge in [-0.1, -0.05) is 18.2 Å². The number of aromatic nitrogens is 1. The Morgan fingerprint density at radius 3 is 2.18 bits per heavy atom. The highest BCUT2D eigenvalue weighted by atomic mass is 32.2. The lowest BCUT2D eigenvalue weighted by molar-refractivity contribution is 0.0844. The van der Waals surface area contributed by atoms with Crippen LogP contribution < -0.4 is 15.6 Å². The van der Waals surface area contributed by atoms with Crippen LogP contribution in [0, 0.1) is 6.92 Å². The van der Waals surface area contributed by atoms with Gasteiger partial charge in [-0.25, -0.2) is 8.42 Å². The van der Waals surface area contributed by atoms with E-state index in [1.807, 2.05) is 6.07 Å². The number of H-pyrrole nitrogens is 1. The number of rotatable bonds is 5. The van der Waals surface area contributed by atoms with E-state index in [1.165, 1.54) is 24.3 Å². The average Bonchev–Trinajstić information content (AvgIpc) is 3.22. The third-order valence-corrected chi connectivity index (χ3v) is 5.33. The molecule has 0 fully saturated rings. The Bertz CT molecular complexity index is 1090. The van der Waals surface area contributed by atoms with Crippen LogP contribution in [0.15, 0.2) is 71.8 Å². The molecule has 1 aromatic heterocycles. The normalized spacial score (nSPS) is 10.9. The molecule has 0 unspecified atom stereocenters. The van der Waals surface area contributed by atoms with E-state index < -0.39 is 21.8 Å². The number of nitrogens with one attached hydrogen (secondary N) is 4. The first-order valence-corrected chi connectivity index (χ1v) is 9.78. The maximum absolute atomic E-state index is 12.5. The van der Waals surface area contributed by atoms with E-state index in [1.54, 1.807) is 43.5 Å². The molecule has 0 saturated heterocycles. The fourth-order valence-electron chi connectivity index (χ4n) is 2.40. The van der Waals surface area contributed by atoms with Gasteiger partial charge in [-0.2, -0.15) is 0 Å². The number of aryl methyl sites for hydroxylation is 1. The van der Waals surface area contributed by atoms with E-state index >= 15 is 0 Å². The summed E-state index contributed by atoms with van der Waals surface area (Å²) in [5, 5.41) is 0. The van der Waals surface area contributed by atoms with Gasteiger partial charge >= 0.3 is 0 Å². The van der Waals surface area contributed by atoms with Crippen LogP contribution in [0.25, 0.3) is 0 Å². The summed E-state index contributed by atoms with van der Waals surface area (Å²) in [7, 11) is -3.79. The monoisotopic (exact) mass is 398 g/mol. The van der Waals surface area contributed by atoms with Crippen molar-refractivity contribution < 1.29 is 18.0 Å². The average molecular weight is 398 g/mol. The van der Waals surface area contributed by atoms with Crippen LogP contribution in [0.1, 0.15) is 26.4 Å². The maximum Gasteiger partial charge on any atom is 0.286 e. The highest BCUT2D eigenvalue weighted by molar-refractivity contribution is 7.92. The first-order chi connectivity index (χ1) is 13.4. The largest absolute Gasteiger partial charge is 0.357 e. The summed E-state index contributed by atoms with van der Waals surface area (Å²) in [6, 6.07) is 15.6. The summed E-state index contributed by atoms with van der Waals surface area (Å²) in [5.41, 5.74) is 6.30. The lowest BCUT2D eigenvalue weighted by Crippen LogP contribution is -2.41. The predicted octanol–water partition coefficient (Wildman–Crippen LogP) is 2.20. The van der Waals surface area contributed by atoms with Crippen molar-refractivity contribution in [3.05, 3.63) is 83.7 Å². The number of benzene rings is 2. The number of anilines is 1. The van der Waals surface area contributed by atoms with Gasteiger partial charge in [-0.15, -0.1) is 0 Å². The Morgan fingerprint density at radius 1 is 0.857 bits per heavy atom. The zero-order chi connectivity index (χ0) is 20.1. The predicted molar refractivity (Wildman–Crippen MR) is 104 cm³/mol. The third kappa shape index (κ3) is 4.38. The van der Waals surface area contributed by atoms with Crippen molar-refractivity contribution in [2.45, 2.75) is 11.8 Å². The highest BCUT2D eigenvalue weighted by Gasteiger charge is 2.16. The molecule has 0 radical (unpaired) electrons. The fourth-order valence-corrected chi connectivity index (χ4v) is 3.53. The summed E-state index contributed by atoms with van der Waals surface area (Å²) in [5.74, 6) is -1.07. The molecule has 0 spiro atoms. The third-order valence-electron chi connectivity index (χ3n) is 3.95. The van der Waals surface area contributed by atoms with E-state index in [9.17, 15) is 18.0 Å². The first-order valence-electron chi connectivity index (χ1n) is 8.29. The quantitative estimate of drug-likeness (QED) is 0.493. The summed E-state index contributed by atoms with van der Waals surface area (Å²) >= 11 is 0. The lowest BCUT2D eigenvalue weighted by Gasteiger charge is -2.11. The van der Waals surface area contributed by atoms with Crippen LogP contribution in [0.3, 0.4) is 0 Å². The smallest absolute Gasteiger partial charge is 0.286 e. The minimum Gasteiger partial charge on any atom is -0.357 e. The number of hydrazine groups is 1. The van der Waals surface area contributed by atoms with Gasteiger partial charge in [-0.3, -0.25) is 25.2 Å². The van der Waals surface area contributed by atoms with Crippen LogP contribution in [0.5, 0.6) is 0 Å². The van der Waals surface area contributed by atoms with Crippen molar-refractivity contribution in [1.82, 2.24) is 15.8 Å². The molecule has 0 aliphatic heterocycles. The summed E-state index contributed by atoms with van der Waals surface area (Å²) in [6.07, 6.45) is 1.58. The van der Waals surface area contributed by atoms with Crippen LogP contribution in [-0.4, -0.2) is 25.2 Å². The molecule has 0 atom stereocenters. The topological polar surface area (TPSA) is 120 Å². The molecule has 28 heavy (non-hydrogen) atoms. The van der Waals surface area contributed by atoms with E-state index in [4.69, 9.17) is 0 Å². The van der Waals surface area contributed by atoms with Crippen LogP contribution in [0.4, 0.5) is 5.69 Å². The van der Waals surface area contributed by atoms with E-state index in [2.05, 4.69) is 20.6 Å². The molecule has 4 N–H and O–H groups in total. The van der Waals surface area contributed by atoms with Crippen molar-refractivity contribution in [3.8, 4) is 0 Å². The SMILES string of the molecule is Cc1ccccc1NS(=O)(=O)c1ccc(C(=O)NNC(=O)c2ccc[nH]2)cc1. The zero-order valence-corrected chi connectivity index (χ0v) is 15.7. The Morgan fingerprint density at radius 2 is 1.54 bits per heavy atom. The minimum absolute atomic E-state index is 0.0164. The Kier molecular flexibility index (Phi) is 5.46. The van der Waals surface area contributed by atoms with Gasteiger partial charge in [0.05, 0.1) is 10.6 Å². The van der Waals surface area contributed by atoms with Crippen molar-refractivity contribution in [2.75, 3.05) is 4.72 Å². The van der Waals surface area contributed by atoms with Crippen LogP contribution >= 0.6 is 0 Å². The van der Waals surface area contributed by atoms with Gasteiger partial charge in [-0.05, 0) is 55.0 Å². The van der Waals surface area contributed by atoms with E-state index in [-0.39, 0.29) is 10.5 Å². The van der Waals surface area contributed by atoms with E-state index in [0.29, 0.717) is 11.4 Å². The number of amides is 2. The first kappa shape index (κ1) is 19.2. The maximum atomic E-state index is 12.5. The molecule has 144 valence electrons. The number of para-hydroxylation sites is 1.